The Hall–Kier alpha value is -4.42. The third kappa shape index (κ3) is 5.17. The fourth-order valence-corrected chi connectivity index (χ4v) is 4.74. The van der Waals surface area contributed by atoms with Crippen LogP contribution in [0.15, 0.2) is 102 Å². The minimum atomic E-state index is -1.31. The first-order chi connectivity index (χ1) is 18.3. The number of ether oxygens (including phenoxy) is 1. The molecule has 0 aliphatic carbocycles. The summed E-state index contributed by atoms with van der Waals surface area (Å²) in [6.45, 7) is 3.71. The van der Waals surface area contributed by atoms with Crippen LogP contribution < -0.4 is 10.1 Å². The molecule has 2 N–H and O–H groups in total. The molecule has 192 valence electrons. The maximum Gasteiger partial charge on any atom is 0.225 e. The second-order valence-corrected chi connectivity index (χ2v) is 9.60. The summed E-state index contributed by atoms with van der Waals surface area (Å²) in [4.78, 5) is 17.3. The van der Waals surface area contributed by atoms with Gasteiger partial charge in [0, 0.05) is 17.8 Å². The van der Waals surface area contributed by atoms with Gasteiger partial charge in [0.15, 0.2) is 0 Å². The molecule has 0 saturated carbocycles. The van der Waals surface area contributed by atoms with Gasteiger partial charge in [-0.25, -0.2) is 0 Å². The third-order valence-corrected chi connectivity index (χ3v) is 6.89. The number of nitrogens with zero attached hydrogens (tertiary/aromatic N) is 1. The summed E-state index contributed by atoms with van der Waals surface area (Å²) in [5, 5.41) is 15.2. The molecular weight excluding hydrogens is 476 g/mol. The number of aromatic nitrogens is 1. The topological polar surface area (TPSA) is 84.6 Å². The van der Waals surface area contributed by atoms with Gasteiger partial charge in [-0.15, -0.1) is 0 Å². The number of fused-ring (bicyclic) bond motifs is 1. The lowest BCUT2D eigenvalue weighted by atomic mass is 9.94. The van der Waals surface area contributed by atoms with Crippen molar-refractivity contribution in [2.24, 2.45) is 0 Å². The minimum absolute atomic E-state index is 0.0964. The summed E-state index contributed by atoms with van der Waals surface area (Å²) < 4.78 is 11.3. The molecule has 0 saturated heterocycles. The van der Waals surface area contributed by atoms with E-state index in [1.54, 1.807) is 38.6 Å². The van der Waals surface area contributed by atoms with E-state index >= 15 is 0 Å². The Morgan fingerprint density at radius 3 is 2.50 bits per heavy atom. The first-order valence-electron chi connectivity index (χ1n) is 12.5. The van der Waals surface area contributed by atoms with E-state index in [1.807, 2.05) is 79.7 Å². The summed E-state index contributed by atoms with van der Waals surface area (Å²) in [6.07, 6.45) is 3.48. The average molecular weight is 507 g/mol. The van der Waals surface area contributed by atoms with Gasteiger partial charge < -0.3 is 19.6 Å². The highest BCUT2D eigenvalue weighted by Crippen LogP contribution is 2.33. The summed E-state index contributed by atoms with van der Waals surface area (Å²) in [6, 6.07) is 26.5. The molecule has 0 bridgehead atoms. The van der Waals surface area contributed by atoms with Gasteiger partial charge >= 0.3 is 0 Å². The molecule has 38 heavy (non-hydrogen) atoms. The number of carbonyl (C=O) groups is 1. The Morgan fingerprint density at radius 2 is 1.79 bits per heavy atom. The number of nitrogens with one attached hydrogen (secondary N) is 1. The molecular formula is C32H30N2O4. The van der Waals surface area contributed by atoms with Crippen LogP contribution in [0, 0.1) is 6.92 Å². The van der Waals surface area contributed by atoms with Crippen molar-refractivity contribution in [3.63, 3.8) is 0 Å². The number of aryl methyl sites for hydroxylation is 1. The molecule has 0 aliphatic heterocycles. The van der Waals surface area contributed by atoms with Crippen LogP contribution in [0.25, 0.3) is 11.0 Å². The zero-order valence-corrected chi connectivity index (χ0v) is 21.6. The van der Waals surface area contributed by atoms with Crippen LogP contribution in [-0.2, 0) is 16.8 Å². The molecule has 6 nitrogen and oxygen atoms in total. The smallest absolute Gasteiger partial charge is 0.225 e. The van der Waals surface area contributed by atoms with E-state index in [-0.39, 0.29) is 18.4 Å². The number of methoxy groups -OCH3 is 1. The van der Waals surface area contributed by atoms with E-state index in [4.69, 9.17) is 9.15 Å². The first kappa shape index (κ1) is 25.2. The van der Waals surface area contributed by atoms with E-state index in [0.29, 0.717) is 16.9 Å². The quantitative estimate of drug-likeness (QED) is 0.276. The summed E-state index contributed by atoms with van der Waals surface area (Å²) in [7, 11) is 1.64. The molecule has 2 heterocycles. The molecule has 2 aromatic heterocycles. The molecule has 3 aromatic carbocycles. The first-order valence-corrected chi connectivity index (χ1v) is 12.5. The van der Waals surface area contributed by atoms with Crippen molar-refractivity contribution in [3.05, 3.63) is 131 Å². The lowest BCUT2D eigenvalue weighted by Crippen LogP contribution is -2.31. The van der Waals surface area contributed by atoms with Crippen molar-refractivity contribution in [1.82, 2.24) is 10.3 Å². The van der Waals surface area contributed by atoms with Crippen LogP contribution in [0.2, 0.25) is 0 Å². The van der Waals surface area contributed by atoms with Gasteiger partial charge in [-0.05, 0) is 84.1 Å². The molecule has 5 rings (SSSR count). The SMILES string of the molecule is COc1ccc(C(NC(=O)Cc2ccc3oc(C(C)(O)c4ccncc4)cc3c2)c2ccccc2)c(C)c1. The van der Waals surface area contributed by atoms with Crippen LogP contribution in [0.3, 0.4) is 0 Å². The molecule has 0 fully saturated rings. The fourth-order valence-electron chi connectivity index (χ4n) is 4.74. The summed E-state index contributed by atoms with van der Waals surface area (Å²) in [5.74, 6) is 1.11. The zero-order valence-electron chi connectivity index (χ0n) is 21.6. The highest BCUT2D eigenvalue weighted by molar-refractivity contribution is 5.83. The van der Waals surface area contributed by atoms with Crippen LogP contribution in [-0.4, -0.2) is 23.1 Å². The number of benzene rings is 3. The van der Waals surface area contributed by atoms with Crippen LogP contribution in [0.1, 0.15) is 46.5 Å². The molecule has 0 spiro atoms. The Morgan fingerprint density at radius 1 is 1.03 bits per heavy atom. The molecule has 0 radical (unpaired) electrons. The Bertz CT molecular complexity index is 1560. The van der Waals surface area contributed by atoms with Crippen molar-refractivity contribution in [3.8, 4) is 5.75 Å². The summed E-state index contributed by atoms with van der Waals surface area (Å²) >= 11 is 0. The van der Waals surface area contributed by atoms with Crippen LogP contribution in [0.5, 0.6) is 5.75 Å². The third-order valence-electron chi connectivity index (χ3n) is 6.89. The fraction of sp³-hybridized carbons (Fsp3) is 0.188. The standard InChI is InChI=1S/C32H30N2O4/c1-21-17-26(37-3)10-11-27(21)31(23-7-5-4-6-8-23)34-30(35)19-22-9-12-28-24(18-22)20-29(38-28)32(2,36)25-13-15-33-16-14-25/h4-18,20,31,36H,19H2,1-3H3,(H,34,35). The van der Waals surface area contributed by atoms with Crippen molar-refractivity contribution >= 4 is 16.9 Å². The zero-order chi connectivity index (χ0) is 26.7. The van der Waals surface area contributed by atoms with Gasteiger partial charge in [0.2, 0.25) is 5.91 Å². The average Bonchev–Trinajstić information content (AvgIpc) is 3.37. The molecule has 6 heteroatoms. The molecule has 0 aliphatic rings. The lowest BCUT2D eigenvalue weighted by Gasteiger charge is -2.22. The number of rotatable bonds is 8. The van der Waals surface area contributed by atoms with Gasteiger partial charge in [0.25, 0.3) is 0 Å². The molecule has 1 amide bonds. The highest BCUT2D eigenvalue weighted by atomic mass is 16.5. The van der Waals surface area contributed by atoms with E-state index in [9.17, 15) is 9.90 Å². The largest absolute Gasteiger partial charge is 0.497 e. The van der Waals surface area contributed by atoms with Crippen molar-refractivity contribution in [2.45, 2.75) is 31.9 Å². The normalized spacial score (nSPS) is 13.6. The van der Waals surface area contributed by atoms with Gasteiger partial charge in [-0.1, -0.05) is 42.5 Å². The maximum atomic E-state index is 13.3. The molecule has 5 aromatic rings. The van der Waals surface area contributed by atoms with Crippen molar-refractivity contribution in [1.29, 1.82) is 0 Å². The van der Waals surface area contributed by atoms with Crippen molar-refractivity contribution < 1.29 is 19.1 Å². The van der Waals surface area contributed by atoms with Crippen LogP contribution >= 0.6 is 0 Å². The number of aliphatic hydroxyl groups is 1. The van der Waals surface area contributed by atoms with Gasteiger partial charge in [0.1, 0.15) is 22.7 Å². The van der Waals surface area contributed by atoms with Crippen molar-refractivity contribution in [2.75, 3.05) is 7.11 Å². The lowest BCUT2D eigenvalue weighted by molar-refractivity contribution is -0.120. The highest BCUT2D eigenvalue weighted by Gasteiger charge is 2.30. The van der Waals surface area contributed by atoms with E-state index in [2.05, 4.69) is 10.3 Å². The Kier molecular flexibility index (Phi) is 6.99. The number of furan rings is 1. The van der Waals surface area contributed by atoms with Gasteiger partial charge in [-0.3, -0.25) is 9.78 Å². The summed E-state index contributed by atoms with van der Waals surface area (Å²) in [5.41, 5.74) is 3.93. The number of hydrogen-bond acceptors (Lipinski definition) is 5. The number of carbonyl (C=O) groups excluding carboxylic acids is 1. The molecule has 2 unspecified atom stereocenters. The predicted octanol–water partition coefficient (Wildman–Crippen LogP) is 5.85. The van der Waals surface area contributed by atoms with E-state index in [0.717, 1.165) is 33.4 Å². The Balaban J connectivity index is 1.38. The predicted molar refractivity (Wildman–Crippen MR) is 147 cm³/mol. The number of amides is 1. The number of hydrogen-bond donors (Lipinski definition) is 2. The van der Waals surface area contributed by atoms with E-state index in [1.165, 1.54) is 0 Å². The second kappa shape index (κ2) is 10.5. The molecule has 2 atom stereocenters. The van der Waals surface area contributed by atoms with Gasteiger partial charge in [0.05, 0.1) is 19.6 Å². The van der Waals surface area contributed by atoms with Gasteiger partial charge in [-0.2, -0.15) is 0 Å². The monoisotopic (exact) mass is 506 g/mol. The van der Waals surface area contributed by atoms with E-state index < -0.39 is 5.60 Å². The maximum absolute atomic E-state index is 13.3. The Labute approximate surface area is 221 Å². The van der Waals surface area contributed by atoms with Crippen LogP contribution in [0.4, 0.5) is 0 Å². The second-order valence-electron chi connectivity index (χ2n) is 9.60. The minimum Gasteiger partial charge on any atom is -0.497 e. The number of pyridine rings is 1.